The van der Waals surface area contributed by atoms with E-state index >= 15 is 0 Å². The molecular formula is C17H18N2O3. The number of hydrogen-bond donors (Lipinski definition) is 0. The van der Waals surface area contributed by atoms with Gasteiger partial charge in [0, 0.05) is 31.5 Å². The number of nitrogens with zero attached hydrogens (tertiary/aromatic N) is 2. The van der Waals surface area contributed by atoms with Crippen molar-refractivity contribution in [3.63, 3.8) is 0 Å². The Morgan fingerprint density at radius 1 is 1.14 bits per heavy atom. The third kappa shape index (κ3) is 3.14. The third-order valence-corrected chi connectivity index (χ3v) is 3.39. The van der Waals surface area contributed by atoms with E-state index in [2.05, 4.69) is 13.2 Å². The lowest BCUT2D eigenvalue weighted by atomic mass is 10.1. The first kappa shape index (κ1) is 15.7. The SMILES string of the molecule is C=CCN(CC=C)C(=O)c1cccc(N2C(=O)CCC2=O)c1. The van der Waals surface area contributed by atoms with Crippen molar-refractivity contribution >= 4 is 23.4 Å². The van der Waals surface area contributed by atoms with Crippen molar-refractivity contribution in [3.05, 3.63) is 55.1 Å². The molecule has 1 saturated heterocycles. The monoisotopic (exact) mass is 298 g/mol. The van der Waals surface area contributed by atoms with Gasteiger partial charge in [0.25, 0.3) is 5.91 Å². The van der Waals surface area contributed by atoms with Crippen LogP contribution in [0.4, 0.5) is 5.69 Å². The lowest BCUT2D eigenvalue weighted by molar-refractivity contribution is -0.121. The van der Waals surface area contributed by atoms with E-state index in [-0.39, 0.29) is 30.6 Å². The molecule has 0 radical (unpaired) electrons. The molecule has 1 aliphatic rings. The van der Waals surface area contributed by atoms with Crippen LogP contribution < -0.4 is 4.90 Å². The highest BCUT2D eigenvalue weighted by Gasteiger charge is 2.30. The Balaban J connectivity index is 2.29. The number of anilines is 1. The van der Waals surface area contributed by atoms with Crippen molar-refractivity contribution in [2.24, 2.45) is 0 Å². The molecule has 0 spiro atoms. The van der Waals surface area contributed by atoms with Gasteiger partial charge in [-0.2, -0.15) is 0 Å². The first-order valence-corrected chi connectivity index (χ1v) is 7.05. The van der Waals surface area contributed by atoms with E-state index in [0.717, 1.165) is 4.90 Å². The Hall–Kier alpha value is -2.69. The summed E-state index contributed by atoms with van der Waals surface area (Å²) in [6, 6.07) is 6.56. The molecule has 1 fully saturated rings. The van der Waals surface area contributed by atoms with E-state index in [1.165, 1.54) is 0 Å². The molecule has 1 aromatic rings. The average Bonchev–Trinajstić information content (AvgIpc) is 2.85. The van der Waals surface area contributed by atoms with Gasteiger partial charge in [0.15, 0.2) is 0 Å². The van der Waals surface area contributed by atoms with Crippen molar-refractivity contribution in [2.45, 2.75) is 12.8 Å². The lowest BCUT2D eigenvalue weighted by Crippen LogP contribution is -2.32. The smallest absolute Gasteiger partial charge is 0.254 e. The molecule has 0 bridgehead atoms. The topological polar surface area (TPSA) is 57.7 Å². The summed E-state index contributed by atoms with van der Waals surface area (Å²) in [5.41, 5.74) is 0.865. The lowest BCUT2D eigenvalue weighted by Gasteiger charge is -2.20. The maximum atomic E-state index is 12.5. The van der Waals surface area contributed by atoms with Gasteiger partial charge in [-0.05, 0) is 18.2 Å². The highest BCUT2D eigenvalue weighted by atomic mass is 16.2. The Morgan fingerprint density at radius 3 is 2.27 bits per heavy atom. The van der Waals surface area contributed by atoms with Gasteiger partial charge in [-0.3, -0.25) is 19.3 Å². The highest BCUT2D eigenvalue weighted by Crippen LogP contribution is 2.23. The van der Waals surface area contributed by atoms with Crippen molar-refractivity contribution in [3.8, 4) is 0 Å². The normalized spacial score (nSPS) is 14.1. The quantitative estimate of drug-likeness (QED) is 0.597. The van der Waals surface area contributed by atoms with Crippen LogP contribution in [0.5, 0.6) is 0 Å². The van der Waals surface area contributed by atoms with Gasteiger partial charge in [-0.1, -0.05) is 18.2 Å². The first-order chi connectivity index (χ1) is 10.6. The summed E-state index contributed by atoms with van der Waals surface area (Å²) in [4.78, 5) is 38.8. The predicted molar refractivity (Wildman–Crippen MR) is 84.5 cm³/mol. The Labute approximate surface area is 129 Å². The van der Waals surface area contributed by atoms with Crippen LogP contribution in [0.1, 0.15) is 23.2 Å². The number of carbonyl (C=O) groups excluding carboxylic acids is 3. The fourth-order valence-electron chi connectivity index (χ4n) is 2.38. The van der Waals surface area contributed by atoms with Crippen molar-refractivity contribution in [1.29, 1.82) is 0 Å². The maximum absolute atomic E-state index is 12.5. The molecule has 3 amide bonds. The molecule has 1 aromatic carbocycles. The zero-order valence-electron chi connectivity index (χ0n) is 12.3. The number of amides is 3. The molecule has 1 heterocycles. The van der Waals surface area contributed by atoms with E-state index in [1.807, 2.05) is 0 Å². The van der Waals surface area contributed by atoms with Crippen LogP contribution in [-0.4, -0.2) is 35.7 Å². The molecule has 114 valence electrons. The molecule has 0 unspecified atom stereocenters. The largest absolute Gasteiger partial charge is 0.331 e. The second-order valence-corrected chi connectivity index (χ2v) is 4.96. The Morgan fingerprint density at radius 2 is 1.73 bits per heavy atom. The minimum Gasteiger partial charge on any atom is -0.331 e. The fraction of sp³-hybridized carbons (Fsp3) is 0.235. The standard InChI is InChI=1S/C17H18N2O3/c1-3-10-18(11-4-2)17(22)13-6-5-7-14(12-13)19-15(20)8-9-16(19)21/h3-7,12H,1-2,8-11H2. The zero-order chi connectivity index (χ0) is 16.1. The number of carbonyl (C=O) groups is 3. The van der Waals surface area contributed by atoms with Gasteiger partial charge in [-0.15, -0.1) is 13.2 Å². The molecule has 22 heavy (non-hydrogen) atoms. The van der Waals surface area contributed by atoms with Crippen LogP contribution in [-0.2, 0) is 9.59 Å². The van der Waals surface area contributed by atoms with Gasteiger partial charge in [0.2, 0.25) is 11.8 Å². The zero-order valence-corrected chi connectivity index (χ0v) is 12.3. The maximum Gasteiger partial charge on any atom is 0.254 e. The second-order valence-electron chi connectivity index (χ2n) is 4.96. The van der Waals surface area contributed by atoms with Crippen LogP contribution in [0.15, 0.2) is 49.6 Å². The second kappa shape index (κ2) is 6.85. The number of hydrogen-bond acceptors (Lipinski definition) is 3. The van der Waals surface area contributed by atoms with Gasteiger partial charge in [0.1, 0.15) is 0 Å². The van der Waals surface area contributed by atoms with E-state index in [4.69, 9.17) is 0 Å². The van der Waals surface area contributed by atoms with E-state index in [9.17, 15) is 14.4 Å². The van der Waals surface area contributed by atoms with Gasteiger partial charge < -0.3 is 4.90 Å². The van der Waals surface area contributed by atoms with E-state index in [0.29, 0.717) is 24.3 Å². The third-order valence-electron chi connectivity index (χ3n) is 3.39. The van der Waals surface area contributed by atoms with Crippen molar-refractivity contribution in [2.75, 3.05) is 18.0 Å². The summed E-state index contributed by atoms with van der Waals surface area (Å²) in [6.07, 6.45) is 3.71. The number of rotatable bonds is 6. The predicted octanol–water partition coefficient (Wildman–Crippen LogP) is 2.15. The van der Waals surface area contributed by atoms with Gasteiger partial charge in [-0.25, -0.2) is 0 Å². The highest BCUT2D eigenvalue weighted by molar-refractivity contribution is 6.20. The summed E-state index contributed by atoms with van der Waals surface area (Å²) in [5.74, 6) is -0.659. The molecule has 0 N–H and O–H groups in total. The van der Waals surface area contributed by atoms with Crippen molar-refractivity contribution < 1.29 is 14.4 Å². The van der Waals surface area contributed by atoms with Crippen LogP contribution in [0.3, 0.4) is 0 Å². The van der Waals surface area contributed by atoms with Crippen LogP contribution in [0.2, 0.25) is 0 Å². The number of benzene rings is 1. The Kier molecular flexibility index (Phi) is 4.88. The molecule has 0 saturated carbocycles. The molecule has 2 rings (SSSR count). The summed E-state index contributed by atoms with van der Waals surface area (Å²) in [5, 5.41) is 0. The molecule has 0 aromatic heterocycles. The molecule has 5 heteroatoms. The van der Waals surface area contributed by atoms with E-state index in [1.54, 1.807) is 41.3 Å². The van der Waals surface area contributed by atoms with Crippen LogP contribution >= 0.6 is 0 Å². The molecule has 1 aliphatic heterocycles. The van der Waals surface area contributed by atoms with E-state index < -0.39 is 0 Å². The first-order valence-electron chi connectivity index (χ1n) is 7.05. The Bertz CT molecular complexity index is 611. The summed E-state index contributed by atoms with van der Waals surface area (Å²) in [7, 11) is 0. The molecule has 0 atom stereocenters. The average molecular weight is 298 g/mol. The molecule has 5 nitrogen and oxygen atoms in total. The van der Waals surface area contributed by atoms with Crippen LogP contribution in [0, 0.1) is 0 Å². The minimum absolute atomic E-state index is 0.194. The van der Waals surface area contributed by atoms with Crippen LogP contribution in [0.25, 0.3) is 0 Å². The van der Waals surface area contributed by atoms with Gasteiger partial charge >= 0.3 is 0 Å². The summed E-state index contributed by atoms with van der Waals surface area (Å²) < 4.78 is 0. The molecular weight excluding hydrogens is 280 g/mol. The van der Waals surface area contributed by atoms with Crippen molar-refractivity contribution in [1.82, 2.24) is 4.90 Å². The fourth-order valence-corrected chi connectivity index (χ4v) is 2.38. The van der Waals surface area contributed by atoms with Gasteiger partial charge in [0.05, 0.1) is 5.69 Å². The molecule has 0 aliphatic carbocycles. The summed E-state index contributed by atoms with van der Waals surface area (Å²) >= 11 is 0. The summed E-state index contributed by atoms with van der Waals surface area (Å²) in [6.45, 7) is 8.07. The minimum atomic E-state index is -0.233. The number of imide groups is 1.